The summed E-state index contributed by atoms with van der Waals surface area (Å²) in [5.74, 6) is 0.0147. The zero-order chi connectivity index (χ0) is 11.5. The summed E-state index contributed by atoms with van der Waals surface area (Å²) in [5, 5.41) is 3.31. The number of hydrogen-bond acceptors (Lipinski definition) is 3. The molecule has 0 aromatic carbocycles. The average molecular weight is 357 g/mol. The molecule has 2 rings (SSSR count). The molecule has 0 aliphatic carbocycles. The van der Waals surface area contributed by atoms with E-state index in [9.17, 15) is 4.79 Å². The molecule has 1 N–H and O–H groups in total. The molecule has 1 unspecified atom stereocenters. The second kappa shape index (κ2) is 7.94. The van der Waals surface area contributed by atoms with Crippen LogP contribution in [0.2, 0.25) is 0 Å². The van der Waals surface area contributed by atoms with Gasteiger partial charge in [0, 0.05) is 36.3 Å². The number of nitrogens with zero attached hydrogens (tertiary/aromatic N) is 2. The number of halogens is 3. The summed E-state index contributed by atoms with van der Waals surface area (Å²) in [4.78, 5) is 18.0. The van der Waals surface area contributed by atoms with Crippen molar-refractivity contribution in [3.05, 3.63) is 28.5 Å². The number of carbonyl (C=O) groups is 1. The molecular weight excluding hydrogens is 341 g/mol. The van der Waals surface area contributed by atoms with Gasteiger partial charge in [-0.05, 0) is 35.0 Å². The van der Waals surface area contributed by atoms with Crippen molar-refractivity contribution < 1.29 is 4.79 Å². The molecule has 1 aliphatic heterocycles. The van der Waals surface area contributed by atoms with E-state index in [0.29, 0.717) is 11.7 Å². The number of aromatic nitrogens is 1. The lowest BCUT2D eigenvalue weighted by Crippen LogP contribution is -2.51. The second-order valence-corrected chi connectivity index (χ2v) is 4.88. The molecule has 1 fully saturated rings. The maximum Gasteiger partial charge on any atom is 0.272 e. The van der Waals surface area contributed by atoms with Gasteiger partial charge >= 0.3 is 0 Å². The normalized spacial score (nSPS) is 18.6. The third kappa shape index (κ3) is 4.39. The minimum Gasteiger partial charge on any atom is -0.334 e. The lowest BCUT2D eigenvalue weighted by molar-refractivity contribution is 0.0703. The zero-order valence-corrected chi connectivity index (χ0v) is 13.1. The van der Waals surface area contributed by atoms with Crippen LogP contribution in [0, 0.1) is 0 Å². The minimum atomic E-state index is 0. The molecule has 1 aliphatic rings. The van der Waals surface area contributed by atoms with Crippen LogP contribution in [0.4, 0.5) is 0 Å². The van der Waals surface area contributed by atoms with E-state index in [-0.39, 0.29) is 30.7 Å². The highest BCUT2D eigenvalue weighted by molar-refractivity contribution is 9.10. The predicted octanol–water partition coefficient (Wildman–Crippen LogP) is 2.12. The van der Waals surface area contributed by atoms with Gasteiger partial charge < -0.3 is 10.2 Å². The maximum atomic E-state index is 12.1. The first-order chi connectivity index (χ1) is 7.66. The van der Waals surface area contributed by atoms with Crippen molar-refractivity contribution in [3.8, 4) is 0 Å². The van der Waals surface area contributed by atoms with Gasteiger partial charge in [0.05, 0.1) is 0 Å². The number of nitrogens with one attached hydrogen (secondary N) is 1. The maximum absolute atomic E-state index is 12.1. The van der Waals surface area contributed by atoms with Gasteiger partial charge in [0.2, 0.25) is 0 Å². The number of piperazine rings is 1. The standard InChI is InChI=1S/C11H14BrN3O.2ClH/c1-8-7-15(5-4-13-8)11(16)10-3-2-9(12)6-14-10;;/h2-3,6,8,13H,4-5,7H2,1H3;2*1H. The van der Waals surface area contributed by atoms with Gasteiger partial charge in [-0.2, -0.15) is 0 Å². The third-order valence-electron chi connectivity index (χ3n) is 2.60. The summed E-state index contributed by atoms with van der Waals surface area (Å²) in [5.41, 5.74) is 0.511. The Balaban J connectivity index is 0.00000144. The van der Waals surface area contributed by atoms with Crippen molar-refractivity contribution in [2.75, 3.05) is 19.6 Å². The Kier molecular flexibility index (Phi) is 7.78. The summed E-state index contributed by atoms with van der Waals surface area (Å²) in [7, 11) is 0. The van der Waals surface area contributed by atoms with Crippen molar-refractivity contribution in [2.24, 2.45) is 0 Å². The number of rotatable bonds is 1. The van der Waals surface area contributed by atoms with Gasteiger partial charge in [0.15, 0.2) is 0 Å². The molecule has 0 saturated carbocycles. The summed E-state index contributed by atoms with van der Waals surface area (Å²) in [6.07, 6.45) is 1.65. The van der Waals surface area contributed by atoms with Crippen molar-refractivity contribution >= 4 is 46.7 Å². The van der Waals surface area contributed by atoms with Crippen LogP contribution in [0.15, 0.2) is 22.8 Å². The second-order valence-electron chi connectivity index (χ2n) is 3.97. The Morgan fingerprint density at radius 2 is 2.22 bits per heavy atom. The molecule has 7 heteroatoms. The summed E-state index contributed by atoms with van der Waals surface area (Å²) < 4.78 is 0.887. The molecule has 1 atom stereocenters. The Labute approximate surface area is 127 Å². The summed E-state index contributed by atoms with van der Waals surface area (Å²) >= 11 is 3.30. The Morgan fingerprint density at radius 3 is 2.78 bits per heavy atom. The third-order valence-corrected chi connectivity index (χ3v) is 3.07. The van der Waals surface area contributed by atoms with Gasteiger partial charge in [-0.1, -0.05) is 0 Å². The monoisotopic (exact) mass is 355 g/mol. The molecule has 1 aromatic rings. The van der Waals surface area contributed by atoms with E-state index in [2.05, 4.69) is 33.2 Å². The van der Waals surface area contributed by atoms with Crippen molar-refractivity contribution in [2.45, 2.75) is 13.0 Å². The van der Waals surface area contributed by atoms with Crippen LogP contribution in [-0.4, -0.2) is 41.5 Å². The molecule has 1 saturated heterocycles. The fourth-order valence-corrected chi connectivity index (χ4v) is 2.02. The molecule has 18 heavy (non-hydrogen) atoms. The van der Waals surface area contributed by atoms with Gasteiger partial charge in [-0.3, -0.25) is 4.79 Å². The van der Waals surface area contributed by atoms with Gasteiger partial charge in [-0.25, -0.2) is 4.98 Å². The van der Waals surface area contributed by atoms with Crippen molar-refractivity contribution in [1.82, 2.24) is 15.2 Å². The molecule has 1 amide bonds. The highest BCUT2D eigenvalue weighted by Crippen LogP contribution is 2.10. The number of pyridine rings is 1. The first kappa shape index (κ1) is 17.6. The molecule has 0 bridgehead atoms. The number of amides is 1. The van der Waals surface area contributed by atoms with E-state index < -0.39 is 0 Å². The highest BCUT2D eigenvalue weighted by Gasteiger charge is 2.22. The quantitative estimate of drug-likeness (QED) is 0.838. The molecule has 4 nitrogen and oxygen atoms in total. The van der Waals surface area contributed by atoms with E-state index in [0.717, 1.165) is 24.1 Å². The first-order valence-corrected chi connectivity index (χ1v) is 6.10. The molecule has 2 heterocycles. The lowest BCUT2D eigenvalue weighted by Gasteiger charge is -2.31. The minimum absolute atomic E-state index is 0. The number of carbonyl (C=O) groups excluding carboxylic acids is 1. The van der Waals surface area contributed by atoms with E-state index in [1.54, 1.807) is 12.3 Å². The fourth-order valence-electron chi connectivity index (χ4n) is 1.78. The van der Waals surface area contributed by atoms with E-state index in [1.807, 2.05) is 11.0 Å². The molecule has 1 aromatic heterocycles. The summed E-state index contributed by atoms with van der Waals surface area (Å²) in [6, 6.07) is 3.94. The highest BCUT2D eigenvalue weighted by atomic mass is 79.9. The topological polar surface area (TPSA) is 45.2 Å². The molecule has 0 spiro atoms. The largest absolute Gasteiger partial charge is 0.334 e. The van der Waals surface area contributed by atoms with E-state index in [1.165, 1.54) is 0 Å². The Morgan fingerprint density at radius 1 is 1.50 bits per heavy atom. The zero-order valence-electron chi connectivity index (χ0n) is 9.93. The van der Waals surface area contributed by atoms with E-state index in [4.69, 9.17) is 0 Å². The Hall–Kier alpha value is -0.360. The number of hydrogen-bond donors (Lipinski definition) is 1. The first-order valence-electron chi connectivity index (χ1n) is 5.31. The molecular formula is C11H16BrCl2N3O. The van der Waals surface area contributed by atoms with Crippen molar-refractivity contribution in [1.29, 1.82) is 0 Å². The summed E-state index contributed by atoms with van der Waals surface area (Å²) in [6.45, 7) is 4.43. The van der Waals surface area contributed by atoms with Gasteiger partial charge in [0.1, 0.15) is 5.69 Å². The van der Waals surface area contributed by atoms with Gasteiger partial charge in [-0.15, -0.1) is 24.8 Å². The van der Waals surface area contributed by atoms with Crippen LogP contribution < -0.4 is 5.32 Å². The smallest absolute Gasteiger partial charge is 0.272 e. The van der Waals surface area contributed by atoms with Crippen LogP contribution >= 0.6 is 40.7 Å². The van der Waals surface area contributed by atoms with Crippen molar-refractivity contribution in [3.63, 3.8) is 0 Å². The van der Waals surface area contributed by atoms with E-state index >= 15 is 0 Å². The fraction of sp³-hybridized carbons (Fsp3) is 0.455. The van der Waals surface area contributed by atoms with Crippen LogP contribution in [0.1, 0.15) is 17.4 Å². The van der Waals surface area contributed by atoms with Gasteiger partial charge in [0.25, 0.3) is 5.91 Å². The van der Waals surface area contributed by atoms with Crippen LogP contribution in [0.25, 0.3) is 0 Å². The van der Waals surface area contributed by atoms with Crippen LogP contribution in [0.5, 0.6) is 0 Å². The SMILES string of the molecule is CC1CN(C(=O)c2ccc(Br)cn2)CCN1.Cl.Cl. The van der Waals surface area contributed by atoms with Crippen LogP contribution in [0.3, 0.4) is 0 Å². The molecule has 102 valence electrons. The Bertz CT molecular complexity index is 388. The lowest BCUT2D eigenvalue weighted by atomic mass is 10.2. The van der Waals surface area contributed by atoms with Crippen LogP contribution in [-0.2, 0) is 0 Å². The molecule has 0 radical (unpaired) electrons. The average Bonchev–Trinajstić information content (AvgIpc) is 2.29. The predicted molar refractivity (Wildman–Crippen MR) is 79.8 cm³/mol.